The molecule has 0 N–H and O–H groups in total. The Morgan fingerprint density at radius 3 is 2.78 bits per heavy atom. The van der Waals surface area contributed by atoms with Crippen molar-refractivity contribution in [2.24, 2.45) is 0 Å². The van der Waals surface area contributed by atoms with Gasteiger partial charge in [-0.25, -0.2) is 0 Å². The number of hydrogen-bond acceptors (Lipinski definition) is 4. The van der Waals surface area contributed by atoms with Crippen LogP contribution in [0.4, 0.5) is 0 Å². The Labute approximate surface area is 113 Å². The first-order chi connectivity index (χ1) is 8.59. The third kappa shape index (κ3) is 2.93. The molecule has 1 aromatic heterocycles. The Morgan fingerprint density at radius 2 is 2.11 bits per heavy atom. The molecule has 0 amide bonds. The minimum absolute atomic E-state index is 0.454. The van der Waals surface area contributed by atoms with Gasteiger partial charge >= 0.3 is 0 Å². The van der Waals surface area contributed by atoms with E-state index in [-0.39, 0.29) is 0 Å². The Hall–Kier alpha value is -0.870. The van der Waals surface area contributed by atoms with Crippen LogP contribution in [0.15, 0.2) is 0 Å². The molecule has 1 aliphatic heterocycles. The van der Waals surface area contributed by atoms with Gasteiger partial charge in [-0.1, -0.05) is 11.6 Å². The zero-order valence-electron chi connectivity index (χ0n) is 11.2. The lowest BCUT2D eigenvalue weighted by atomic mass is 10.1. The van der Waals surface area contributed by atoms with E-state index >= 15 is 0 Å². The lowest BCUT2D eigenvalue weighted by molar-refractivity contribution is 0.226. The van der Waals surface area contributed by atoms with Crippen LogP contribution in [0.1, 0.15) is 30.4 Å². The molecule has 0 aliphatic carbocycles. The molecule has 2 heterocycles. The fourth-order valence-electron chi connectivity index (χ4n) is 2.33. The van der Waals surface area contributed by atoms with Gasteiger partial charge in [0.05, 0.1) is 6.61 Å². The van der Waals surface area contributed by atoms with Crippen molar-refractivity contribution in [2.75, 3.05) is 20.2 Å². The van der Waals surface area contributed by atoms with Crippen LogP contribution in [0, 0.1) is 13.8 Å². The maximum Gasteiger partial charge on any atom is 0.236 e. The highest BCUT2D eigenvalue weighted by Crippen LogP contribution is 2.23. The summed E-state index contributed by atoms with van der Waals surface area (Å²) in [5, 5.41) is 8.34. The summed E-state index contributed by atoms with van der Waals surface area (Å²) in [6, 6.07) is 0.645. The first-order valence-electron chi connectivity index (χ1n) is 6.42. The number of likely N-dealkylation sites (tertiary alicyclic amines) is 1. The molecule has 18 heavy (non-hydrogen) atoms. The van der Waals surface area contributed by atoms with Gasteiger partial charge in [-0.3, -0.25) is 0 Å². The minimum Gasteiger partial charge on any atom is -0.476 e. The van der Waals surface area contributed by atoms with E-state index in [9.17, 15) is 0 Å². The van der Waals surface area contributed by atoms with E-state index in [1.165, 1.54) is 19.4 Å². The summed E-state index contributed by atoms with van der Waals surface area (Å²) in [4.78, 5) is 2.40. The summed E-state index contributed by atoms with van der Waals surface area (Å²) in [6.45, 7) is 5.78. The molecule has 1 aromatic rings. The van der Waals surface area contributed by atoms with Crippen LogP contribution in [0.25, 0.3) is 0 Å². The summed E-state index contributed by atoms with van der Waals surface area (Å²) in [7, 11) is 2.18. The molecule has 5 heteroatoms. The van der Waals surface area contributed by atoms with E-state index in [2.05, 4.69) is 22.1 Å². The van der Waals surface area contributed by atoms with Gasteiger partial charge in [0.2, 0.25) is 5.88 Å². The van der Waals surface area contributed by atoms with Crippen molar-refractivity contribution in [2.45, 2.75) is 39.2 Å². The Bertz CT molecular complexity index is 425. The summed E-state index contributed by atoms with van der Waals surface area (Å²) in [5.41, 5.74) is 1.93. The van der Waals surface area contributed by atoms with E-state index in [0.717, 1.165) is 17.5 Å². The molecule has 1 fully saturated rings. The summed E-state index contributed by atoms with van der Waals surface area (Å²) in [6.07, 6.45) is 3.60. The fraction of sp³-hybridized carbons (Fsp3) is 0.692. The fourth-order valence-corrected chi connectivity index (χ4v) is 2.51. The van der Waals surface area contributed by atoms with Gasteiger partial charge in [-0.05, 0) is 52.3 Å². The van der Waals surface area contributed by atoms with E-state index in [1.807, 2.05) is 13.8 Å². The smallest absolute Gasteiger partial charge is 0.236 e. The molecule has 0 saturated carbocycles. The Balaban J connectivity index is 1.89. The molecule has 2 rings (SSSR count). The van der Waals surface area contributed by atoms with Gasteiger partial charge in [-0.15, -0.1) is 10.2 Å². The topological polar surface area (TPSA) is 38.3 Å². The van der Waals surface area contributed by atoms with Gasteiger partial charge in [0.25, 0.3) is 0 Å². The average Bonchev–Trinajstić information content (AvgIpc) is 2.75. The number of hydrogen-bond donors (Lipinski definition) is 0. The van der Waals surface area contributed by atoms with Gasteiger partial charge < -0.3 is 9.64 Å². The molecule has 4 nitrogen and oxygen atoms in total. The second kappa shape index (κ2) is 5.85. The summed E-state index contributed by atoms with van der Waals surface area (Å²) in [5.74, 6) is 0.609. The standard InChI is InChI=1S/C13H20ClN3O/c1-9-10(2)13(16-15-12(9)14)18-8-6-11-5-4-7-17(11)3/h11H,4-8H2,1-3H3. The molecule has 0 aromatic carbocycles. The normalized spacial score (nSPS) is 20.3. The zero-order valence-corrected chi connectivity index (χ0v) is 12.0. The molecule has 1 atom stereocenters. The highest BCUT2D eigenvalue weighted by molar-refractivity contribution is 6.30. The number of rotatable bonds is 4. The van der Waals surface area contributed by atoms with E-state index in [4.69, 9.17) is 16.3 Å². The molecule has 0 radical (unpaired) electrons. The van der Waals surface area contributed by atoms with Gasteiger partial charge in [0.1, 0.15) is 0 Å². The van der Waals surface area contributed by atoms with Crippen LogP contribution >= 0.6 is 11.6 Å². The molecular formula is C13H20ClN3O. The highest BCUT2D eigenvalue weighted by atomic mass is 35.5. The number of nitrogens with zero attached hydrogens (tertiary/aromatic N) is 3. The van der Waals surface area contributed by atoms with Gasteiger partial charge in [0, 0.05) is 11.6 Å². The van der Waals surface area contributed by atoms with Gasteiger partial charge in [0.15, 0.2) is 5.15 Å². The molecule has 1 saturated heterocycles. The van der Waals surface area contributed by atoms with Crippen molar-refractivity contribution in [1.29, 1.82) is 0 Å². The molecule has 1 unspecified atom stereocenters. The van der Waals surface area contributed by atoms with Crippen molar-refractivity contribution in [1.82, 2.24) is 15.1 Å². The zero-order chi connectivity index (χ0) is 13.1. The van der Waals surface area contributed by atoms with Crippen LogP contribution in [0.3, 0.4) is 0 Å². The highest BCUT2D eigenvalue weighted by Gasteiger charge is 2.20. The maximum absolute atomic E-state index is 5.91. The molecule has 0 spiro atoms. The van der Waals surface area contributed by atoms with Crippen LogP contribution in [0.2, 0.25) is 5.15 Å². The number of ether oxygens (including phenoxy) is 1. The average molecular weight is 270 g/mol. The van der Waals surface area contributed by atoms with Crippen LogP contribution in [-0.2, 0) is 0 Å². The van der Waals surface area contributed by atoms with Crippen LogP contribution in [0.5, 0.6) is 5.88 Å². The Morgan fingerprint density at radius 1 is 1.33 bits per heavy atom. The lowest BCUT2D eigenvalue weighted by Crippen LogP contribution is -2.26. The second-order valence-electron chi connectivity index (χ2n) is 4.96. The Kier molecular flexibility index (Phi) is 4.40. The third-order valence-electron chi connectivity index (χ3n) is 3.78. The first kappa shape index (κ1) is 13.6. The van der Waals surface area contributed by atoms with Crippen LogP contribution < -0.4 is 4.74 Å². The quantitative estimate of drug-likeness (QED) is 0.842. The van der Waals surface area contributed by atoms with Crippen molar-refractivity contribution in [3.05, 3.63) is 16.3 Å². The molecule has 1 aliphatic rings. The van der Waals surface area contributed by atoms with Crippen molar-refractivity contribution in [3.8, 4) is 5.88 Å². The first-order valence-corrected chi connectivity index (χ1v) is 6.80. The molecular weight excluding hydrogens is 250 g/mol. The van der Waals surface area contributed by atoms with Crippen molar-refractivity contribution >= 4 is 11.6 Å². The molecule has 0 bridgehead atoms. The van der Waals surface area contributed by atoms with Gasteiger partial charge in [-0.2, -0.15) is 0 Å². The SMILES string of the molecule is Cc1c(Cl)nnc(OCCC2CCCN2C)c1C. The van der Waals surface area contributed by atoms with Crippen molar-refractivity contribution in [3.63, 3.8) is 0 Å². The van der Waals surface area contributed by atoms with Crippen molar-refractivity contribution < 1.29 is 4.74 Å². The van der Waals surface area contributed by atoms with E-state index in [1.54, 1.807) is 0 Å². The summed E-state index contributed by atoms with van der Waals surface area (Å²) < 4.78 is 5.72. The third-order valence-corrected chi connectivity index (χ3v) is 4.14. The van der Waals surface area contributed by atoms with E-state index in [0.29, 0.717) is 23.7 Å². The lowest BCUT2D eigenvalue weighted by Gasteiger charge is -2.19. The minimum atomic E-state index is 0.454. The monoisotopic (exact) mass is 269 g/mol. The largest absolute Gasteiger partial charge is 0.476 e. The van der Waals surface area contributed by atoms with Crippen LogP contribution in [-0.4, -0.2) is 41.3 Å². The number of halogens is 1. The second-order valence-corrected chi connectivity index (χ2v) is 5.32. The number of aromatic nitrogens is 2. The predicted octanol–water partition coefficient (Wildman–Crippen LogP) is 2.61. The van der Waals surface area contributed by atoms with E-state index < -0.39 is 0 Å². The molecule has 100 valence electrons. The predicted molar refractivity (Wildman–Crippen MR) is 72.3 cm³/mol. The maximum atomic E-state index is 5.91. The summed E-state index contributed by atoms with van der Waals surface area (Å²) >= 11 is 5.91.